The molecule has 14 heavy (non-hydrogen) atoms. The van der Waals surface area contributed by atoms with E-state index in [0.717, 1.165) is 12.0 Å². The van der Waals surface area contributed by atoms with E-state index >= 15 is 0 Å². The maximum Gasteiger partial charge on any atom is 0.0586 e. The molecule has 0 radical (unpaired) electrons. The third-order valence-corrected chi connectivity index (χ3v) is 4.01. The van der Waals surface area contributed by atoms with Gasteiger partial charge in [0.1, 0.15) is 0 Å². The van der Waals surface area contributed by atoms with Crippen LogP contribution in [0.25, 0.3) is 0 Å². The topological polar surface area (TPSA) is 23.5 Å². The Morgan fingerprint density at radius 2 is 2.07 bits per heavy atom. The van der Waals surface area contributed by atoms with Crippen LogP contribution < -0.4 is 0 Å². The Morgan fingerprint density at radius 3 is 2.79 bits per heavy atom. The van der Waals surface area contributed by atoms with Crippen LogP contribution in [0.5, 0.6) is 0 Å². The van der Waals surface area contributed by atoms with Gasteiger partial charge in [0.15, 0.2) is 0 Å². The van der Waals surface area contributed by atoms with Gasteiger partial charge in [-0.2, -0.15) is 0 Å². The molecular formula is C12H23NO. The van der Waals surface area contributed by atoms with E-state index in [-0.39, 0.29) is 0 Å². The fraction of sp³-hybridized carbons (Fsp3) is 1.00. The maximum atomic E-state index is 9.29. The van der Waals surface area contributed by atoms with Gasteiger partial charge in [-0.05, 0) is 38.1 Å². The van der Waals surface area contributed by atoms with E-state index in [1.165, 1.54) is 45.1 Å². The second-order valence-corrected chi connectivity index (χ2v) is 5.14. The summed E-state index contributed by atoms with van der Waals surface area (Å²) < 4.78 is 0. The van der Waals surface area contributed by atoms with Crippen LogP contribution in [0.1, 0.15) is 45.4 Å². The summed E-state index contributed by atoms with van der Waals surface area (Å²) in [6.07, 6.45) is 8.02. The van der Waals surface area contributed by atoms with Crippen LogP contribution in [-0.4, -0.2) is 35.2 Å². The van der Waals surface area contributed by atoms with Crippen LogP contribution in [0.4, 0.5) is 0 Å². The monoisotopic (exact) mass is 197 g/mol. The van der Waals surface area contributed by atoms with Crippen molar-refractivity contribution < 1.29 is 5.11 Å². The molecule has 1 N–H and O–H groups in total. The van der Waals surface area contributed by atoms with E-state index in [9.17, 15) is 5.11 Å². The quantitative estimate of drug-likeness (QED) is 0.732. The van der Waals surface area contributed by atoms with Crippen molar-refractivity contribution in [1.82, 2.24) is 4.90 Å². The van der Waals surface area contributed by atoms with Crippen LogP contribution in [0.2, 0.25) is 0 Å². The Bertz CT molecular complexity index is 183. The third kappa shape index (κ3) is 2.12. The van der Waals surface area contributed by atoms with Crippen molar-refractivity contribution in [3.8, 4) is 0 Å². The molecule has 0 aromatic rings. The maximum absolute atomic E-state index is 9.29. The molecule has 3 atom stereocenters. The summed E-state index contributed by atoms with van der Waals surface area (Å²) in [4.78, 5) is 2.58. The first-order chi connectivity index (χ1) is 6.81. The van der Waals surface area contributed by atoms with Gasteiger partial charge >= 0.3 is 0 Å². The van der Waals surface area contributed by atoms with E-state index in [2.05, 4.69) is 11.8 Å². The Morgan fingerprint density at radius 1 is 1.21 bits per heavy atom. The smallest absolute Gasteiger partial charge is 0.0586 e. The summed E-state index contributed by atoms with van der Waals surface area (Å²) >= 11 is 0. The summed E-state index contributed by atoms with van der Waals surface area (Å²) in [6, 6.07) is 1.25. The number of rotatable bonds is 2. The van der Waals surface area contributed by atoms with Crippen LogP contribution >= 0.6 is 0 Å². The van der Waals surface area contributed by atoms with E-state index in [0.29, 0.717) is 12.6 Å². The number of nitrogens with zero attached hydrogens (tertiary/aromatic N) is 1. The molecule has 2 fully saturated rings. The van der Waals surface area contributed by atoms with Crippen molar-refractivity contribution in [2.75, 3.05) is 13.2 Å². The molecule has 0 bridgehead atoms. The molecule has 0 aromatic heterocycles. The molecule has 0 aromatic carbocycles. The van der Waals surface area contributed by atoms with Gasteiger partial charge in [-0.3, -0.25) is 4.90 Å². The van der Waals surface area contributed by atoms with Crippen molar-refractivity contribution in [2.24, 2.45) is 5.92 Å². The SMILES string of the molecule is CC1CCCC(N2CCCC2CO)C1. The van der Waals surface area contributed by atoms with Crippen molar-refractivity contribution >= 4 is 0 Å². The predicted molar refractivity (Wildman–Crippen MR) is 58.2 cm³/mol. The molecule has 1 aliphatic heterocycles. The standard InChI is InChI=1S/C12H23NO/c1-10-4-2-5-11(8-10)13-7-3-6-12(13)9-14/h10-12,14H,2-9H2,1H3. The number of aliphatic hydroxyl groups excluding tert-OH is 1. The fourth-order valence-electron chi connectivity index (χ4n) is 3.24. The highest BCUT2D eigenvalue weighted by atomic mass is 16.3. The van der Waals surface area contributed by atoms with Gasteiger partial charge < -0.3 is 5.11 Å². The molecule has 0 amide bonds. The summed E-state index contributed by atoms with van der Waals surface area (Å²) in [5.41, 5.74) is 0. The summed E-state index contributed by atoms with van der Waals surface area (Å²) in [6.45, 7) is 3.96. The van der Waals surface area contributed by atoms with Crippen LogP contribution in [0.3, 0.4) is 0 Å². The molecule has 2 aliphatic rings. The Kier molecular flexibility index (Phi) is 3.45. The minimum atomic E-state index is 0.366. The van der Waals surface area contributed by atoms with Gasteiger partial charge in [0.25, 0.3) is 0 Å². The minimum absolute atomic E-state index is 0.366. The molecule has 82 valence electrons. The first kappa shape index (κ1) is 10.4. The van der Waals surface area contributed by atoms with E-state index in [1.54, 1.807) is 0 Å². The lowest BCUT2D eigenvalue weighted by atomic mass is 9.86. The van der Waals surface area contributed by atoms with Crippen molar-refractivity contribution in [2.45, 2.75) is 57.5 Å². The number of hydrogen-bond acceptors (Lipinski definition) is 2. The first-order valence-corrected chi connectivity index (χ1v) is 6.18. The van der Waals surface area contributed by atoms with Crippen molar-refractivity contribution in [3.05, 3.63) is 0 Å². The zero-order valence-corrected chi connectivity index (χ0v) is 9.28. The zero-order valence-electron chi connectivity index (χ0n) is 9.28. The van der Waals surface area contributed by atoms with Gasteiger partial charge in [-0.1, -0.05) is 19.8 Å². The minimum Gasteiger partial charge on any atom is -0.395 e. The number of aliphatic hydroxyl groups is 1. The normalized spacial score (nSPS) is 40.3. The Hall–Kier alpha value is -0.0800. The lowest BCUT2D eigenvalue weighted by molar-refractivity contribution is 0.0859. The van der Waals surface area contributed by atoms with E-state index in [4.69, 9.17) is 0 Å². The Labute approximate surface area is 87.3 Å². The molecule has 1 saturated heterocycles. The van der Waals surface area contributed by atoms with Crippen LogP contribution in [0.15, 0.2) is 0 Å². The molecule has 2 heteroatoms. The summed E-state index contributed by atoms with van der Waals surface area (Å²) in [5.74, 6) is 0.897. The van der Waals surface area contributed by atoms with Crippen LogP contribution in [-0.2, 0) is 0 Å². The van der Waals surface area contributed by atoms with Gasteiger partial charge in [0, 0.05) is 12.1 Å². The second kappa shape index (κ2) is 4.63. The molecule has 1 aliphatic carbocycles. The highest BCUT2D eigenvalue weighted by molar-refractivity contribution is 4.87. The summed E-state index contributed by atoms with van der Waals surface area (Å²) in [7, 11) is 0. The highest BCUT2D eigenvalue weighted by Gasteiger charge is 2.32. The molecule has 2 rings (SSSR count). The van der Waals surface area contributed by atoms with Crippen LogP contribution in [0, 0.1) is 5.92 Å². The van der Waals surface area contributed by atoms with E-state index < -0.39 is 0 Å². The molecule has 3 unspecified atom stereocenters. The zero-order chi connectivity index (χ0) is 9.97. The largest absolute Gasteiger partial charge is 0.395 e. The lowest BCUT2D eigenvalue weighted by Crippen LogP contribution is -2.43. The first-order valence-electron chi connectivity index (χ1n) is 6.18. The molecule has 1 saturated carbocycles. The summed E-state index contributed by atoms with van der Waals surface area (Å²) in [5, 5.41) is 9.29. The molecule has 2 nitrogen and oxygen atoms in total. The lowest BCUT2D eigenvalue weighted by Gasteiger charge is -2.37. The van der Waals surface area contributed by atoms with Crippen molar-refractivity contribution in [1.29, 1.82) is 0 Å². The van der Waals surface area contributed by atoms with Gasteiger partial charge in [0.2, 0.25) is 0 Å². The molecular weight excluding hydrogens is 174 g/mol. The van der Waals surface area contributed by atoms with Gasteiger partial charge in [-0.15, -0.1) is 0 Å². The molecule has 1 heterocycles. The van der Waals surface area contributed by atoms with Gasteiger partial charge in [-0.25, -0.2) is 0 Å². The number of likely N-dealkylation sites (tertiary alicyclic amines) is 1. The van der Waals surface area contributed by atoms with Crippen molar-refractivity contribution in [3.63, 3.8) is 0 Å². The second-order valence-electron chi connectivity index (χ2n) is 5.14. The third-order valence-electron chi connectivity index (χ3n) is 4.01. The number of hydrogen-bond donors (Lipinski definition) is 1. The van der Waals surface area contributed by atoms with Gasteiger partial charge in [0.05, 0.1) is 6.61 Å². The fourth-order valence-corrected chi connectivity index (χ4v) is 3.24. The molecule has 0 spiro atoms. The Balaban J connectivity index is 1.92. The average molecular weight is 197 g/mol. The highest BCUT2D eigenvalue weighted by Crippen LogP contribution is 2.31. The predicted octanol–water partition coefficient (Wildman–Crippen LogP) is 2.02. The average Bonchev–Trinajstić information content (AvgIpc) is 2.65. The van der Waals surface area contributed by atoms with E-state index in [1.807, 2.05) is 0 Å².